The number of rotatable bonds is 5. The van der Waals surface area contributed by atoms with Crippen molar-refractivity contribution in [3.8, 4) is 12.3 Å². The van der Waals surface area contributed by atoms with Gasteiger partial charge in [-0.05, 0) is 12.3 Å². The van der Waals surface area contributed by atoms with E-state index in [1.807, 2.05) is 6.42 Å². The van der Waals surface area contributed by atoms with Crippen molar-refractivity contribution in [2.75, 3.05) is 0 Å². The zero-order valence-corrected chi connectivity index (χ0v) is 7.06. The molecule has 1 atom stereocenters. The Kier molecular flexibility index (Phi) is 6.38. The summed E-state index contributed by atoms with van der Waals surface area (Å²) in [6.45, 7) is 4.40. The lowest BCUT2D eigenvalue weighted by molar-refractivity contribution is 0.522. The fourth-order valence-electron chi connectivity index (χ4n) is 1.01. The highest BCUT2D eigenvalue weighted by atomic mass is 14.1. The molecule has 0 bridgehead atoms. The van der Waals surface area contributed by atoms with Crippen LogP contribution in [0.2, 0.25) is 0 Å². The Hall–Kier alpha value is -0.440. The van der Waals surface area contributed by atoms with Gasteiger partial charge in [0.25, 0.3) is 0 Å². The maximum atomic E-state index is 5.17. The molecule has 0 rings (SSSR count). The molecule has 0 saturated carbocycles. The molecule has 0 aliphatic heterocycles. The van der Waals surface area contributed by atoms with E-state index < -0.39 is 0 Å². The predicted octanol–water partition coefficient (Wildman–Crippen LogP) is 3.04. The van der Waals surface area contributed by atoms with Gasteiger partial charge < -0.3 is 0 Å². The molecular formula is C10H17. The average Bonchev–Trinajstić information content (AvgIpc) is 1.98. The highest BCUT2D eigenvalue weighted by Gasteiger charge is 2.02. The standard InChI is InChI=1S/C10H17/c1-4-7-9-10(6-3)8-5-2/h2,8,10H,4,6-7,9H2,1,3H3. The Morgan fingerprint density at radius 1 is 1.50 bits per heavy atom. The van der Waals surface area contributed by atoms with Gasteiger partial charge in [0.2, 0.25) is 0 Å². The first-order valence-corrected chi connectivity index (χ1v) is 4.14. The largest absolute Gasteiger partial charge is 0.120 e. The molecule has 0 saturated heterocycles. The van der Waals surface area contributed by atoms with Crippen LogP contribution in [0.4, 0.5) is 0 Å². The summed E-state index contributed by atoms with van der Waals surface area (Å²) in [4.78, 5) is 0. The molecule has 0 heterocycles. The molecule has 0 heteroatoms. The number of unbranched alkanes of at least 4 members (excludes halogenated alkanes) is 1. The second-order valence-electron chi connectivity index (χ2n) is 2.64. The molecule has 1 unspecified atom stereocenters. The van der Waals surface area contributed by atoms with Crippen LogP contribution >= 0.6 is 0 Å². The van der Waals surface area contributed by atoms with E-state index in [0.29, 0.717) is 5.92 Å². The second-order valence-corrected chi connectivity index (χ2v) is 2.64. The summed E-state index contributed by atoms with van der Waals surface area (Å²) in [5, 5.41) is 0. The van der Waals surface area contributed by atoms with Crippen LogP contribution in [0.1, 0.15) is 39.5 Å². The summed E-state index contributed by atoms with van der Waals surface area (Å²) >= 11 is 0. The maximum Gasteiger partial charge on any atom is 0.0368 e. The fourth-order valence-corrected chi connectivity index (χ4v) is 1.01. The number of terminal acetylenes is 1. The van der Waals surface area contributed by atoms with Crippen molar-refractivity contribution >= 4 is 0 Å². The van der Waals surface area contributed by atoms with E-state index >= 15 is 0 Å². The van der Waals surface area contributed by atoms with Gasteiger partial charge in [-0.3, -0.25) is 0 Å². The van der Waals surface area contributed by atoms with Crippen LogP contribution in [0.3, 0.4) is 0 Å². The Bertz CT molecular complexity index is 97.1. The van der Waals surface area contributed by atoms with Crippen LogP contribution in [0.15, 0.2) is 0 Å². The van der Waals surface area contributed by atoms with E-state index in [1.54, 1.807) is 0 Å². The lowest BCUT2D eigenvalue weighted by Crippen LogP contribution is -1.97. The van der Waals surface area contributed by atoms with E-state index in [0.717, 1.165) is 0 Å². The normalized spacial score (nSPS) is 12.5. The first kappa shape index (κ1) is 9.56. The molecule has 0 aromatic rings. The smallest absolute Gasteiger partial charge is 0.0368 e. The zero-order chi connectivity index (χ0) is 7.82. The molecule has 10 heavy (non-hydrogen) atoms. The van der Waals surface area contributed by atoms with E-state index in [1.165, 1.54) is 25.7 Å². The lowest BCUT2D eigenvalue weighted by Gasteiger charge is -2.08. The summed E-state index contributed by atoms with van der Waals surface area (Å²) in [5.41, 5.74) is 0. The summed E-state index contributed by atoms with van der Waals surface area (Å²) in [6.07, 6.45) is 12.2. The van der Waals surface area contributed by atoms with Gasteiger partial charge in [-0.15, -0.1) is 12.3 Å². The van der Waals surface area contributed by atoms with Crippen molar-refractivity contribution in [3.05, 3.63) is 6.42 Å². The fraction of sp³-hybridized carbons (Fsp3) is 0.700. The zero-order valence-electron chi connectivity index (χ0n) is 7.06. The minimum atomic E-state index is 0.657. The van der Waals surface area contributed by atoms with Gasteiger partial charge in [-0.1, -0.05) is 33.1 Å². The van der Waals surface area contributed by atoms with Crippen LogP contribution in [0.5, 0.6) is 0 Å². The Labute approximate surface area is 65.0 Å². The van der Waals surface area contributed by atoms with Crippen molar-refractivity contribution < 1.29 is 0 Å². The lowest BCUT2D eigenvalue weighted by atomic mass is 9.96. The van der Waals surface area contributed by atoms with Gasteiger partial charge in [-0.25, -0.2) is 0 Å². The second kappa shape index (κ2) is 6.68. The first-order valence-electron chi connectivity index (χ1n) is 4.14. The van der Waals surface area contributed by atoms with Crippen LogP contribution in [0, 0.1) is 24.7 Å². The van der Waals surface area contributed by atoms with E-state index in [-0.39, 0.29) is 0 Å². The topological polar surface area (TPSA) is 0 Å². The van der Waals surface area contributed by atoms with Gasteiger partial charge in [0.1, 0.15) is 0 Å². The van der Waals surface area contributed by atoms with Gasteiger partial charge in [0, 0.05) is 6.42 Å². The molecule has 0 aromatic heterocycles. The van der Waals surface area contributed by atoms with Crippen molar-refractivity contribution in [3.63, 3.8) is 0 Å². The molecule has 0 fully saturated rings. The van der Waals surface area contributed by atoms with Gasteiger partial charge >= 0.3 is 0 Å². The molecule has 0 amide bonds. The SMILES string of the molecule is C#C[CH]C(CC)CCCC. The highest BCUT2D eigenvalue weighted by molar-refractivity contribution is 5.03. The third-order valence-electron chi connectivity index (χ3n) is 1.78. The van der Waals surface area contributed by atoms with Crippen LogP contribution in [-0.2, 0) is 0 Å². The van der Waals surface area contributed by atoms with Gasteiger partial charge in [0.15, 0.2) is 0 Å². The minimum Gasteiger partial charge on any atom is -0.120 e. The molecule has 0 N–H and O–H groups in total. The molecule has 0 aromatic carbocycles. The molecule has 57 valence electrons. The van der Waals surface area contributed by atoms with Gasteiger partial charge in [-0.2, -0.15) is 0 Å². The Morgan fingerprint density at radius 2 is 2.20 bits per heavy atom. The molecule has 0 aliphatic carbocycles. The maximum absolute atomic E-state index is 5.17. The molecule has 0 spiro atoms. The Balaban J connectivity index is 3.32. The highest BCUT2D eigenvalue weighted by Crippen LogP contribution is 2.14. The minimum absolute atomic E-state index is 0.657. The molecule has 0 nitrogen and oxygen atoms in total. The molecule has 1 radical (unpaired) electrons. The third kappa shape index (κ3) is 4.44. The van der Waals surface area contributed by atoms with Gasteiger partial charge in [0.05, 0.1) is 0 Å². The predicted molar refractivity (Wildman–Crippen MR) is 46.4 cm³/mol. The number of hydrogen-bond acceptors (Lipinski definition) is 0. The summed E-state index contributed by atoms with van der Waals surface area (Å²) < 4.78 is 0. The molecule has 0 aliphatic rings. The van der Waals surface area contributed by atoms with E-state index in [4.69, 9.17) is 6.42 Å². The third-order valence-corrected chi connectivity index (χ3v) is 1.78. The Morgan fingerprint density at radius 3 is 2.60 bits per heavy atom. The summed E-state index contributed by atoms with van der Waals surface area (Å²) in [5.74, 6) is 3.26. The van der Waals surface area contributed by atoms with E-state index in [9.17, 15) is 0 Å². The van der Waals surface area contributed by atoms with E-state index in [2.05, 4.69) is 19.8 Å². The first-order chi connectivity index (χ1) is 4.85. The summed E-state index contributed by atoms with van der Waals surface area (Å²) in [6, 6.07) is 0. The monoisotopic (exact) mass is 137 g/mol. The quantitative estimate of drug-likeness (QED) is 0.511. The van der Waals surface area contributed by atoms with Crippen LogP contribution < -0.4 is 0 Å². The number of hydrogen-bond donors (Lipinski definition) is 0. The van der Waals surface area contributed by atoms with Crippen molar-refractivity contribution in [1.82, 2.24) is 0 Å². The van der Waals surface area contributed by atoms with Crippen LogP contribution in [-0.4, -0.2) is 0 Å². The van der Waals surface area contributed by atoms with Crippen molar-refractivity contribution in [2.45, 2.75) is 39.5 Å². The average molecular weight is 137 g/mol. The molecular weight excluding hydrogens is 120 g/mol. The van der Waals surface area contributed by atoms with Crippen LogP contribution in [0.25, 0.3) is 0 Å². The van der Waals surface area contributed by atoms with Crippen molar-refractivity contribution in [2.24, 2.45) is 5.92 Å². The summed E-state index contributed by atoms with van der Waals surface area (Å²) in [7, 11) is 0. The van der Waals surface area contributed by atoms with Crippen molar-refractivity contribution in [1.29, 1.82) is 0 Å².